The molecule has 2 saturated heterocycles. The number of ether oxygens (including phenoxy) is 1. The molecular formula is C18H33NOS. The highest BCUT2D eigenvalue weighted by atomic mass is 32.2. The summed E-state index contributed by atoms with van der Waals surface area (Å²) in [6.07, 6.45) is 10.9. The highest BCUT2D eigenvalue weighted by Crippen LogP contribution is 2.43. The summed E-state index contributed by atoms with van der Waals surface area (Å²) in [6.45, 7) is 3.44. The van der Waals surface area contributed by atoms with Gasteiger partial charge in [-0.2, -0.15) is 11.8 Å². The topological polar surface area (TPSA) is 21.3 Å². The van der Waals surface area contributed by atoms with Crippen molar-refractivity contribution in [3.63, 3.8) is 0 Å². The van der Waals surface area contributed by atoms with E-state index in [9.17, 15) is 0 Å². The predicted octanol–water partition coefficient (Wildman–Crippen LogP) is 4.09. The Morgan fingerprint density at radius 3 is 2.67 bits per heavy atom. The third-order valence-corrected chi connectivity index (χ3v) is 7.25. The van der Waals surface area contributed by atoms with E-state index in [1.54, 1.807) is 0 Å². The molecule has 0 aromatic carbocycles. The van der Waals surface area contributed by atoms with Crippen LogP contribution in [0.15, 0.2) is 0 Å². The fourth-order valence-electron chi connectivity index (χ4n) is 5.13. The van der Waals surface area contributed by atoms with E-state index in [4.69, 9.17) is 4.74 Å². The van der Waals surface area contributed by atoms with Crippen LogP contribution in [-0.2, 0) is 4.74 Å². The molecule has 0 bridgehead atoms. The average Bonchev–Trinajstić information content (AvgIpc) is 2.49. The lowest BCUT2D eigenvalue weighted by atomic mass is 9.70. The van der Waals surface area contributed by atoms with Gasteiger partial charge in [0.05, 0.1) is 5.60 Å². The molecule has 122 valence electrons. The maximum Gasteiger partial charge on any atom is 0.0701 e. The molecule has 3 fully saturated rings. The van der Waals surface area contributed by atoms with Crippen molar-refractivity contribution in [1.29, 1.82) is 0 Å². The standard InChI is InChI=1S/C18H33NOS/c1-14-4-3-5-15(12-14)17(19-2)16-6-9-20-18(13-16)7-10-21-11-8-18/h14-17,19H,3-13H2,1-2H3. The Morgan fingerprint density at radius 1 is 1.14 bits per heavy atom. The normalized spacial score (nSPS) is 38.3. The Hall–Kier alpha value is 0.270. The summed E-state index contributed by atoms with van der Waals surface area (Å²) >= 11 is 2.11. The van der Waals surface area contributed by atoms with E-state index in [0.717, 1.165) is 30.4 Å². The van der Waals surface area contributed by atoms with Gasteiger partial charge in [0.1, 0.15) is 0 Å². The summed E-state index contributed by atoms with van der Waals surface area (Å²) < 4.78 is 6.30. The van der Waals surface area contributed by atoms with E-state index >= 15 is 0 Å². The van der Waals surface area contributed by atoms with E-state index in [-0.39, 0.29) is 5.60 Å². The molecule has 4 unspecified atom stereocenters. The van der Waals surface area contributed by atoms with Crippen molar-refractivity contribution >= 4 is 11.8 Å². The van der Waals surface area contributed by atoms with Crippen molar-refractivity contribution in [2.45, 2.75) is 69.9 Å². The average molecular weight is 312 g/mol. The lowest BCUT2D eigenvalue weighted by Crippen LogP contribution is -2.50. The molecule has 21 heavy (non-hydrogen) atoms. The molecule has 4 atom stereocenters. The van der Waals surface area contributed by atoms with E-state index in [2.05, 4.69) is 31.1 Å². The number of rotatable bonds is 3. The molecule has 0 aromatic heterocycles. The predicted molar refractivity (Wildman–Crippen MR) is 91.9 cm³/mol. The van der Waals surface area contributed by atoms with Gasteiger partial charge in [0, 0.05) is 12.6 Å². The number of hydrogen-bond acceptors (Lipinski definition) is 3. The van der Waals surface area contributed by atoms with Crippen LogP contribution >= 0.6 is 11.8 Å². The van der Waals surface area contributed by atoms with Crippen LogP contribution in [0.25, 0.3) is 0 Å². The molecule has 1 N–H and O–H groups in total. The summed E-state index contributed by atoms with van der Waals surface area (Å²) in [5, 5.41) is 3.72. The monoisotopic (exact) mass is 311 g/mol. The first-order valence-corrected chi connectivity index (χ1v) is 10.3. The summed E-state index contributed by atoms with van der Waals surface area (Å²) in [6, 6.07) is 0.725. The zero-order valence-corrected chi connectivity index (χ0v) is 14.7. The molecule has 1 aliphatic carbocycles. The molecule has 0 amide bonds. The molecule has 2 heterocycles. The minimum atomic E-state index is 0.240. The Bertz CT molecular complexity index is 324. The molecule has 2 nitrogen and oxygen atoms in total. The van der Waals surface area contributed by atoms with Crippen molar-refractivity contribution in [1.82, 2.24) is 5.32 Å². The SMILES string of the molecule is CNC(C1CCCC(C)C1)C1CCOC2(CCSCC2)C1. The second kappa shape index (κ2) is 7.23. The van der Waals surface area contributed by atoms with E-state index in [0.29, 0.717) is 0 Å². The van der Waals surface area contributed by atoms with Gasteiger partial charge in [-0.25, -0.2) is 0 Å². The minimum Gasteiger partial charge on any atom is -0.375 e. The minimum absolute atomic E-state index is 0.240. The molecule has 0 aromatic rings. The van der Waals surface area contributed by atoms with Gasteiger partial charge >= 0.3 is 0 Å². The Kier molecular flexibility index (Phi) is 5.55. The highest BCUT2D eigenvalue weighted by molar-refractivity contribution is 7.99. The molecule has 2 aliphatic heterocycles. The fourth-order valence-corrected chi connectivity index (χ4v) is 6.36. The van der Waals surface area contributed by atoms with Crippen molar-refractivity contribution in [3.05, 3.63) is 0 Å². The molecular weight excluding hydrogens is 278 g/mol. The van der Waals surface area contributed by atoms with Crippen molar-refractivity contribution < 1.29 is 4.74 Å². The maximum atomic E-state index is 6.30. The number of nitrogens with one attached hydrogen (secondary N) is 1. The summed E-state index contributed by atoms with van der Waals surface area (Å²) in [5.41, 5.74) is 0.240. The maximum absolute atomic E-state index is 6.30. The number of thioether (sulfide) groups is 1. The molecule has 3 heteroatoms. The van der Waals surface area contributed by atoms with Gasteiger partial charge in [0.25, 0.3) is 0 Å². The van der Waals surface area contributed by atoms with Crippen LogP contribution in [0.4, 0.5) is 0 Å². The molecule has 1 spiro atoms. The van der Waals surface area contributed by atoms with Crippen LogP contribution in [0, 0.1) is 17.8 Å². The van der Waals surface area contributed by atoms with E-state index < -0.39 is 0 Å². The van der Waals surface area contributed by atoms with Crippen LogP contribution in [-0.4, -0.2) is 36.8 Å². The van der Waals surface area contributed by atoms with Crippen LogP contribution in [0.2, 0.25) is 0 Å². The van der Waals surface area contributed by atoms with Crippen molar-refractivity contribution in [3.8, 4) is 0 Å². The molecule has 0 radical (unpaired) electrons. The quantitative estimate of drug-likeness (QED) is 0.848. The largest absolute Gasteiger partial charge is 0.375 e. The van der Waals surface area contributed by atoms with Gasteiger partial charge < -0.3 is 10.1 Å². The van der Waals surface area contributed by atoms with Gasteiger partial charge in [-0.05, 0) is 74.8 Å². The zero-order chi connectivity index (χ0) is 14.7. The van der Waals surface area contributed by atoms with Crippen molar-refractivity contribution in [2.24, 2.45) is 17.8 Å². The van der Waals surface area contributed by atoms with Crippen molar-refractivity contribution in [2.75, 3.05) is 25.2 Å². The smallest absolute Gasteiger partial charge is 0.0701 e. The van der Waals surface area contributed by atoms with Gasteiger partial charge in [-0.1, -0.05) is 19.8 Å². The number of hydrogen-bond donors (Lipinski definition) is 1. The van der Waals surface area contributed by atoms with Gasteiger partial charge in [-0.3, -0.25) is 0 Å². The highest BCUT2D eigenvalue weighted by Gasteiger charge is 2.42. The molecule has 3 aliphatic rings. The zero-order valence-electron chi connectivity index (χ0n) is 13.9. The van der Waals surface area contributed by atoms with E-state index in [1.165, 1.54) is 62.9 Å². The Balaban J connectivity index is 1.65. The summed E-state index contributed by atoms with van der Waals surface area (Å²) in [4.78, 5) is 0. The lowest BCUT2D eigenvalue weighted by molar-refractivity contribution is -0.110. The third-order valence-electron chi connectivity index (χ3n) is 6.26. The Labute approximate surface area is 135 Å². The molecule has 1 saturated carbocycles. The van der Waals surface area contributed by atoms with Gasteiger partial charge in [0.15, 0.2) is 0 Å². The fraction of sp³-hybridized carbons (Fsp3) is 1.00. The summed E-state index contributed by atoms with van der Waals surface area (Å²) in [7, 11) is 2.20. The first-order valence-electron chi connectivity index (χ1n) is 9.11. The van der Waals surface area contributed by atoms with Gasteiger partial charge in [0.2, 0.25) is 0 Å². The first kappa shape index (κ1) is 16.1. The second-order valence-corrected chi connectivity index (χ2v) is 8.97. The van der Waals surface area contributed by atoms with Crippen LogP contribution < -0.4 is 5.32 Å². The van der Waals surface area contributed by atoms with E-state index in [1.807, 2.05) is 0 Å². The molecule has 3 rings (SSSR count). The van der Waals surface area contributed by atoms with Crippen LogP contribution in [0.3, 0.4) is 0 Å². The van der Waals surface area contributed by atoms with Gasteiger partial charge in [-0.15, -0.1) is 0 Å². The third kappa shape index (κ3) is 3.79. The lowest BCUT2D eigenvalue weighted by Gasteiger charge is -2.47. The van der Waals surface area contributed by atoms with Crippen LogP contribution in [0.5, 0.6) is 0 Å². The first-order chi connectivity index (χ1) is 10.2. The summed E-state index contributed by atoms with van der Waals surface area (Å²) in [5.74, 6) is 5.27. The van der Waals surface area contributed by atoms with Crippen LogP contribution in [0.1, 0.15) is 58.3 Å². The Morgan fingerprint density at radius 2 is 1.95 bits per heavy atom. The second-order valence-electron chi connectivity index (χ2n) is 7.74.